The average Bonchev–Trinajstić information content (AvgIpc) is 2.60. The van der Waals surface area contributed by atoms with E-state index in [0.29, 0.717) is 43.4 Å². The fraction of sp³-hybridized carbons (Fsp3) is 0.562. The van der Waals surface area contributed by atoms with E-state index >= 15 is 0 Å². The summed E-state index contributed by atoms with van der Waals surface area (Å²) in [6, 6.07) is 5.02. The lowest BCUT2D eigenvalue weighted by molar-refractivity contribution is -0.115. The molecule has 0 spiro atoms. The van der Waals surface area contributed by atoms with Gasteiger partial charge in [0.05, 0.1) is 25.7 Å². The Kier molecular flexibility index (Phi) is 6.63. The van der Waals surface area contributed by atoms with Crippen LogP contribution in [-0.2, 0) is 14.8 Å². The molecule has 1 fully saturated rings. The van der Waals surface area contributed by atoms with E-state index in [1.54, 1.807) is 18.2 Å². The zero-order valence-corrected chi connectivity index (χ0v) is 15.6. The highest BCUT2D eigenvalue weighted by Gasteiger charge is 2.26. The van der Waals surface area contributed by atoms with Crippen molar-refractivity contribution in [2.75, 3.05) is 58.5 Å². The number of amides is 1. The summed E-state index contributed by atoms with van der Waals surface area (Å²) in [6.45, 7) is 2.33. The number of anilines is 1. The number of methoxy groups -OCH3 is 2. The van der Waals surface area contributed by atoms with Gasteiger partial charge in [0.2, 0.25) is 15.9 Å². The second-order valence-electron chi connectivity index (χ2n) is 5.88. The molecule has 8 nitrogen and oxygen atoms in total. The van der Waals surface area contributed by atoms with Gasteiger partial charge in [0, 0.05) is 38.7 Å². The lowest BCUT2D eigenvalue weighted by Gasteiger charge is -2.31. The molecule has 0 unspecified atom stereocenters. The van der Waals surface area contributed by atoms with Gasteiger partial charge in [0.15, 0.2) is 0 Å². The first kappa shape index (κ1) is 19.5. The highest BCUT2D eigenvalue weighted by atomic mass is 32.2. The van der Waals surface area contributed by atoms with Gasteiger partial charge in [-0.25, -0.2) is 8.42 Å². The van der Waals surface area contributed by atoms with Crippen molar-refractivity contribution in [3.8, 4) is 11.5 Å². The Morgan fingerprint density at radius 3 is 2.44 bits per heavy atom. The van der Waals surface area contributed by atoms with E-state index in [4.69, 9.17) is 9.47 Å². The van der Waals surface area contributed by atoms with Crippen LogP contribution < -0.4 is 14.8 Å². The minimum Gasteiger partial charge on any atom is -0.497 e. The molecule has 9 heteroatoms. The smallest absolute Gasteiger partial charge is 0.225 e. The van der Waals surface area contributed by atoms with Gasteiger partial charge >= 0.3 is 0 Å². The normalized spacial score (nSPS) is 16.4. The predicted molar refractivity (Wildman–Crippen MR) is 95.6 cm³/mol. The summed E-state index contributed by atoms with van der Waals surface area (Å²) in [5, 5.41) is 2.68. The van der Waals surface area contributed by atoms with Gasteiger partial charge in [-0.15, -0.1) is 0 Å². The van der Waals surface area contributed by atoms with Crippen LogP contribution >= 0.6 is 0 Å². The van der Waals surface area contributed by atoms with E-state index in [-0.39, 0.29) is 18.1 Å². The van der Waals surface area contributed by atoms with E-state index in [1.807, 2.05) is 7.05 Å². The predicted octanol–water partition coefficient (Wildman–Crippen LogP) is 0.610. The summed E-state index contributed by atoms with van der Waals surface area (Å²) in [4.78, 5) is 14.2. The molecule has 1 aromatic rings. The third kappa shape index (κ3) is 5.32. The Labute approximate surface area is 148 Å². The summed E-state index contributed by atoms with van der Waals surface area (Å²) in [7, 11) is 1.54. The second-order valence-corrected chi connectivity index (χ2v) is 7.97. The Bertz CT molecular complexity index is 700. The molecule has 1 N–H and O–H groups in total. The molecule has 0 saturated carbocycles. The molecule has 0 aromatic heterocycles. The zero-order chi connectivity index (χ0) is 18.4. The molecule has 1 saturated heterocycles. The maximum absolute atomic E-state index is 12.4. The fourth-order valence-corrected chi connectivity index (χ4v) is 3.96. The van der Waals surface area contributed by atoms with Crippen molar-refractivity contribution in [1.29, 1.82) is 0 Å². The van der Waals surface area contributed by atoms with Crippen molar-refractivity contribution in [1.82, 2.24) is 9.21 Å². The number of carbonyl (C=O) groups excluding carboxylic acids is 1. The molecule has 25 heavy (non-hydrogen) atoms. The van der Waals surface area contributed by atoms with Crippen LogP contribution in [0.1, 0.15) is 6.42 Å². The Morgan fingerprint density at radius 2 is 1.84 bits per heavy atom. The Hall–Kier alpha value is -1.84. The first-order valence-electron chi connectivity index (χ1n) is 8.04. The summed E-state index contributed by atoms with van der Waals surface area (Å²) in [5.41, 5.74) is 0.448. The van der Waals surface area contributed by atoms with Gasteiger partial charge in [-0.2, -0.15) is 4.31 Å². The number of carbonyl (C=O) groups is 1. The van der Waals surface area contributed by atoms with Crippen LogP contribution in [0.5, 0.6) is 11.5 Å². The molecular formula is C16H25N3O5S. The van der Waals surface area contributed by atoms with Gasteiger partial charge in [0.1, 0.15) is 11.5 Å². The lowest BCUT2D eigenvalue weighted by Crippen LogP contribution is -2.48. The molecule has 0 atom stereocenters. The second kappa shape index (κ2) is 8.50. The van der Waals surface area contributed by atoms with Crippen molar-refractivity contribution in [3.63, 3.8) is 0 Å². The molecule has 0 bridgehead atoms. The standard InChI is InChI=1S/C16H25N3O5S/c1-18-7-9-19(10-8-18)25(21,22)11-6-16(20)17-14-12-13(23-2)4-5-15(14)24-3/h4-5,12H,6-11H2,1-3H3,(H,17,20). The van der Waals surface area contributed by atoms with E-state index in [9.17, 15) is 13.2 Å². The van der Waals surface area contributed by atoms with Crippen LogP contribution in [0, 0.1) is 0 Å². The Morgan fingerprint density at radius 1 is 1.16 bits per heavy atom. The van der Waals surface area contributed by atoms with Gasteiger partial charge in [0.25, 0.3) is 0 Å². The van der Waals surface area contributed by atoms with Crippen LogP contribution in [0.3, 0.4) is 0 Å². The molecule has 1 amide bonds. The van der Waals surface area contributed by atoms with Crippen molar-refractivity contribution in [2.24, 2.45) is 0 Å². The molecule has 2 rings (SSSR count). The zero-order valence-electron chi connectivity index (χ0n) is 14.8. The highest BCUT2D eigenvalue weighted by Crippen LogP contribution is 2.29. The third-order valence-corrected chi connectivity index (χ3v) is 6.00. The summed E-state index contributed by atoms with van der Waals surface area (Å²) < 4.78 is 36.5. The van der Waals surface area contributed by atoms with E-state index in [0.717, 1.165) is 0 Å². The SMILES string of the molecule is COc1ccc(OC)c(NC(=O)CCS(=O)(=O)N2CCN(C)CC2)c1. The monoisotopic (exact) mass is 371 g/mol. The first-order chi connectivity index (χ1) is 11.9. The number of likely N-dealkylation sites (N-methyl/N-ethyl adjacent to an activating group) is 1. The van der Waals surface area contributed by atoms with Crippen molar-refractivity contribution < 1.29 is 22.7 Å². The molecule has 140 valence electrons. The molecule has 0 radical (unpaired) electrons. The van der Waals surface area contributed by atoms with Gasteiger partial charge in [-0.05, 0) is 19.2 Å². The van der Waals surface area contributed by atoms with Crippen LogP contribution in [-0.4, -0.2) is 76.7 Å². The third-order valence-electron chi connectivity index (χ3n) is 4.12. The lowest BCUT2D eigenvalue weighted by atomic mass is 10.2. The summed E-state index contributed by atoms with van der Waals surface area (Å²) >= 11 is 0. The number of nitrogens with zero attached hydrogens (tertiary/aromatic N) is 2. The minimum absolute atomic E-state index is 0.116. The number of nitrogens with one attached hydrogen (secondary N) is 1. The molecule has 1 heterocycles. The van der Waals surface area contributed by atoms with Crippen LogP contribution in [0.15, 0.2) is 18.2 Å². The maximum atomic E-state index is 12.4. The number of benzene rings is 1. The van der Waals surface area contributed by atoms with Gasteiger partial charge < -0.3 is 19.7 Å². The number of sulfonamides is 1. The summed E-state index contributed by atoms with van der Waals surface area (Å²) in [5.74, 6) is 0.455. The molecular weight excluding hydrogens is 346 g/mol. The maximum Gasteiger partial charge on any atom is 0.225 e. The van der Waals surface area contributed by atoms with Crippen LogP contribution in [0.2, 0.25) is 0 Å². The quantitative estimate of drug-likeness (QED) is 0.756. The Balaban J connectivity index is 1.94. The fourth-order valence-electron chi connectivity index (χ4n) is 2.54. The molecule has 1 aliphatic heterocycles. The van der Waals surface area contributed by atoms with E-state index < -0.39 is 10.0 Å². The van der Waals surface area contributed by atoms with Crippen LogP contribution in [0.4, 0.5) is 5.69 Å². The molecule has 1 aromatic carbocycles. The highest BCUT2D eigenvalue weighted by molar-refractivity contribution is 7.89. The summed E-state index contributed by atoms with van der Waals surface area (Å²) in [6.07, 6.45) is -0.116. The molecule has 0 aliphatic carbocycles. The molecule has 1 aliphatic rings. The number of ether oxygens (including phenoxy) is 2. The topological polar surface area (TPSA) is 88.2 Å². The van der Waals surface area contributed by atoms with Gasteiger partial charge in [-0.3, -0.25) is 4.79 Å². The largest absolute Gasteiger partial charge is 0.497 e. The van der Waals surface area contributed by atoms with Crippen LogP contribution in [0.25, 0.3) is 0 Å². The van der Waals surface area contributed by atoms with Gasteiger partial charge in [-0.1, -0.05) is 0 Å². The van der Waals surface area contributed by atoms with Crippen molar-refractivity contribution >= 4 is 21.6 Å². The number of hydrogen-bond donors (Lipinski definition) is 1. The number of rotatable bonds is 7. The number of piperazine rings is 1. The van der Waals surface area contributed by atoms with Crippen molar-refractivity contribution in [2.45, 2.75) is 6.42 Å². The van der Waals surface area contributed by atoms with E-state index in [2.05, 4.69) is 10.2 Å². The number of hydrogen-bond acceptors (Lipinski definition) is 6. The van der Waals surface area contributed by atoms with Crippen molar-refractivity contribution in [3.05, 3.63) is 18.2 Å². The first-order valence-corrected chi connectivity index (χ1v) is 9.65. The van der Waals surface area contributed by atoms with E-state index in [1.165, 1.54) is 18.5 Å². The minimum atomic E-state index is -3.43. The average molecular weight is 371 g/mol.